The highest BCUT2D eigenvalue weighted by molar-refractivity contribution is 6.15. The van der Waals surface area contributed by atoms with Gasteiger partial charge in [-0.2, -0.15) is 0 Å². The van der Waals surface area contributed by atoms with E-state index in [0.717, 1.165) is 57.4 Å². The molecule has 0 unspecified atom stereocenters. The van der Waals surface area contributed by atoms with Gasteiger partial charge in [-0.1, -0.05) is 222 Å². The van der Waals surface area contributed by atoms with Crippen molar-refractivity contribution in [3.05, 3.63) is 117 Å². The molecule has 6 rings (SSSR count). The molecule has 4 nitrogen and oxygen atoms in total. The third kappa shape index (κ3) is 14.9. The Kier molecular flexibility index (Phi) is 23.4. The van der Waals surface area contributed by atoms with E-state index in [1.807, 2.05) is 0 Å². The standard InChI is InChI=1S/C72H102O4/c1-17-21-23-25-27-29-31-53-33-35-59-57(37-53)43-65(67-61(49(9)10)39-55(47(5)6)40-62(67)50(11)12)71(75-45-73-19-3)69(59)70-60-36-34-54(32-30-28-26-24-22-18-2)38-58(60)44-66(72(70)76-46-74-20-4)68-63(51(13)14)41-56(48(7)8)42-64(68)52(15)16/h33-44,47-52H,17-32,45-46H2,1-16H3. The molecule has 0 saturated heterocycles. The van der Waals surface area contributed by atoms with Crippen molar-refractivity contribution in [1.29, 1.82) is 0 Å². The fraction of sp³-hybridized carbons (Fsp3) is 0.556. The molecule has 0 amide bonds. The van der Waals surface area contributed by atoms with Crippen LogP contribution in [0.1, 0.15) is 268 Å². The molecule has 0 atom stereocenters. The van der Waals surface area contributed by atoms with Crippen molar-refractivity contribution in [2.24, 2.45) is 0 Å². The van der Waals surface area contributed by atoms with Crippen LogP contribution in [0.2, 0.25) is 0 Å². The van der Waals surface area contributed by atoms with Crippen LogP contribution in [0.4, 0.5) is 0 Å². The van der Waals surface area contributed by atoms with Gasteiger partial charge in [0, 0.05) is 35.5 Å². The Morgan fingerprint density at radius 2 is 0.671 bits per heavy atom. The summed E-state index contributed by atoms with van der Waals surface area (Å²) in [6.07, 6.45) is 17.4. The van der Waals surface area contributed by atoms with Crippen molar-refractivity contribution in [1.82, 2.24) is 0 Å². The fourth-order valence-corrected chi connectivity index (χ4v) is 11.5. The van der Waals surface area contributed by atoms with E-state index in [2.05, 4.69) is 184 Å². The maximum Gasteiger partial charge on any atom is 0.189 e. The SMILES string of the molecule is CCCCCCCCc1ccc2c(-c3c(OCOCC)c(-c4c(C(C)C)cc(C(C)C)cc4C(C)C)cc4cc(CCCCCCCC)ccc34)c(OCOCC)c(-c3c(C(C)C)cc(C(C)C)cc3C(C)C)cc2c1. The van der Waals surface area contributed by atoms with Crippen LogP contribution < -0.4 is 9.47 Å². The fourth-order valence-electron chi connectivity index (χ4n) is 11.5. The van der Waals surface area contributed by atoms with Gasteiger partial charge in [-0.3, -0.25) is 0 Å². The first-order valence-electron chi connectivity index (χ1n) is 30.5. The van der Waals surface area contributed by atoms with E-state index in [-0.39, 0.29) is 37.3 Å². The zero-order valence-electron chi connectivity index (χ0n) is 50.8. The minimum absolute atomic E-state index is 0.122. The summed E-state index contributed by atoms with van der Waals surface area (Å²) in [6.45, 7) is 38.2. The molecule has 0 heterocycles. The highest BCUT2D eigenvalue weighted by Crippen LogP contribution is 2.56. The van der Waals surface area contributed by atoms with Crippen LogP contribution >= 0.6 is 0 Å². The summed E-state index contributed by atoms with van der Waals surface area (Å²) in [6, 6.07) is 29.5. The summed E-state index contributed by atoms with van der Waals surface area (Å²) >= 11 is 0. The maximum atomic E-state index is 7.36. The van der Waals surface area contributed by atoms with E-state index < -0.39 is 0 Å². The monoisotopic (exact) mass is 1030 g/mol. The first-order chi connectivity index (χ1) is 36.6. The quantitative estimate of drug-likeness (QED) is 0.0321. The second-order valence-corrected chi connectivity index (χ2v) is 24.0. The Morgan fingerprint density at radius 3 is 0.974 bits per heavy atom. The first-order valence-corrected chi connectivity index (χ1v) is 30.5. The summed E-state index contributed by atoms with van der Waals surface area (Å²) in [4.78, 5) is 0. The third-order valence-corrected chi connectivity index (χ3v) is 16.0. The molecule has 0 N–H and O–H groups in total. The Morgan fingerprint density at radius 1 is 0.342 bits per heavy atom. The first kappa shape index (κ1) is 60.6. The lowest BCUT2D eigenvalue weighted by Gasteiger charge is -2.29. The van der Waals surface area contributed by atoms with E-state index in [1.54, 1.807) is 0 Å². The van der Waals surface area contributed by atoms with Crippen LogP contribution in [0, 0.1) is 0 Å². The molecule has 0 saturated carbocycles. The highest BCUT2D eigenvalue weighted by Gasteiger charge is 2.31. The van der Waals surface area contributed by atoms with Gasteiger partial charge < -0.3 is 18.9 Å². The van der Waals surface area contributed by atoms with Gasteiger partial charge in [0.05, 0.1) is 0 Å². The van der Waals surface area contributed by atoms with Crippen molar-refractivity contribution < 1.29 is 18.9 Å². The number of benzene rings is 6. The summed E-state index contributed by atoms with van der Waals surface area (Å²) in [5, 5.41) is 4.74. The Labute approximate surface area is 463 Å². The van der Waals surface area contributed by atoms with Gasteiger partial charge in [0.2, 0.25) is 0 Å². The van der Waals surface area contributed by atoms with Crippen molar-refractivity contribution >= 4 is 21.5 Å². The predicted molar refractivity (Wildman–Crippen MR) is 331 cm³/mol. The topological polar surface area (TPSA) is 36.9 Å². The summed E-state index contributed by atoms with van der Waals surface area (Å²) in [5.41, 5.74) is 17.8. The molecule has 4 heteroatoms. The zero-order valence-corrected chi connectivity index (χ0v) is 50.8. The summed E-state index contributed by atoms with van der Waals surface area (Å²) in [5.74, 6) is 3.51. The normalized spacial score (nSPS) is 12.1. The maximum absolute atomic E-state index is 7.36. The Bertz CT molecular complexity index is 2540. The zero-order chi connectivity index (χ0) is 55.1. The van der Waals surface area contributed by atoms with Crippen molar-refractivity contribution in [2.45, 2.75) is 236 Å². The Balaban J connectivity index is 1.87. The lowest BCUT2D eigenvalue weighted by atomic mass is 9.78. The molecule has 76 heavy (non-hydrogen) atoms. The van der Waals surface area contributed by atoms with E-state index in [0.29, 0.717) is 25.0 Å². The average molecular weight is 1030 g/mol. The van der Waals surface area contributed by atoms with Crippen LogP contribution in [0.25, 0.3) is 54.9 Å². The van der Waals surface area contributed by atoms with Gasteiger partial charge >= 0.3 is 0 Å². The van der Waals surface area contributed by atoms with E-state index in [9.17, 15) is 0 Å². The van der Waals surface area contributed by atoms with Crippen LogP contribution in [-0.4, -0.2) is 26.8 Å². The molecule has 6 aromatic rings. The number of hydrogen-bond acceptors (Lipinski definition) is 4. The molecule has 0 radical (unpaired) electrons. The number of rotatable bonds is 31. The molecule has 6 aromatic carbocycles. The second-order valence-electron chi connectivity index (χ2n) is 24.0. The minimum atomic E-state index is 0.122. The number of hydrogen-bond donors (Lipinski definition) is 0. The average Bonchev–Trinajstić information content (AvgIpc) is 3.46. The molecule has 0 aliphatic carbocycles. The number of aryl methyl sites for hydroxylation is 2. The van der Waals surface area contributed by atoms with Gasteiger partial charge in [-0.25, -0.2) is 0 Å². The predicted octanol–water partition coefficient (Wildman–Crippen LogP) is 22.3. The lowest BCUT2D eigenvalue weighted by Crippen LogP contribution is -2.10. The molecular formula is C72H102O4. The molecule has 414 valence electrons. The Hall–Kier alpha value is -4.64. The number of ether oxygens (including phenoxy) is 4. The van der Waals surface area contributed by atoms with Crippen LogP contribution in [0.15, 0.2) is 72.8 Å². The van der Waals surface area contributed by atoms with Gasteiger partial charge in [-0.05, 0) is 164 Å². The van der Waals surface area contributed by atoms with Gasteiger partial charge in [0.25, 0.3) is 0 Å². The van der Waals surface area contributed by atoms with Crippen molar-refractivity contribution in [2.75, 3.05) is 26.8 Å². The lowest BCUT2D eigenvalue weighted by molar-refractivity contribution is 0.0219. The van der Waals surface area contributed by atoms with Crippen LogP contribution in [0.3, 0.4) is 0 Å². The molecule has 0 fully saturated rings. The largest absolute Gasteiger partial charge is 0.466 e. The van der Waals surface area contributed by atoms with Crippen LogP contribution in [0.5, 0.6) is 11.5 Å². The van der Waals surface area contributed by atoms with E-state index >= 15 is 0 Å². The third-order valence-electron chi connectivity index (χ3n) is 16.0. The summed E-state index contributed by atoms with van der Waals surface area (Å²) in [7, 11) is 0. The number of unbranched alkanes of at least 4 members (excludes halogenated alkanes) is 10. The molecular weight excluding hydrogens is 929 g/mol. The van der Waals surface area contributed by atoms with E-state index in [4.69, 9.17) is 18.9 Å². The van der Waals surface area contributed by atoms with Crippen molar-refractivity contribution in [3.8, 4) is 44.9 Å². The molecule has 0 aliphatic heterocycles. The van der Waals surface area contributed by atoms with E-state index in [1.165, 1.54) is 143 Å². The second kappa shape index (κ2) is 29.4. The molecule has 0 spiro atoms. The minimum Gasteiger partial charge on any atom is -0.466 e. The van der Waals surface area contributed by atoms with Crippen molar-refractivity contribution in [3.63, 3.8) is 0 Å². The highest BCUT2D eigenvalue weighted by atomic mass is 16.7. The van der Waals surface area contributed by atoms with Gasteiger partial charge in [-0.15, -0.1) is 0 Å². The number of fused-ring (bicyclic) bond motifs is 2. The molecule has 0 aliphatic rings. The molecule has 0 bridgehead atoms. The smallest absolute Gasteiger partial charge is 0.189 e. The molecule has 0 aromatic heterocycles. The summed E-state index contributed by atoms with van der Waals surface area (Å²) < 4.78 is 27.2. The van der Waals surface area contributed by atoms with Gasteiger partial charge in [0.15, 0.2) is 13.6 Å². The van der Waals surface area contributed by atoms with Crippen LogP contribution in [-0.2, 0) is 22.3 Å². The van der Waals surface area contributed by atoms with Gasteiger partial charge in [0.1, 0.15) is 11.5 Å².